The van der Waals surface area contributed by atoms with Gasteiger partial charge in [-0.05, 0) is 58.7 Å². The van der Waals surface area contributed by atoms with Crippen LogP contribution in [0.4, 0.5) is 0 Å². The van der Waals surface area contributed by atoms with Crippen LogP contribution in [0.3, 0.4) is 0 Å². The zero-order valence-electron chi connectivity index (χ0n) is 6.59. The van der Waals surface area contributed by atoms with E-state index in [0.29, 0.717) is 6.04 Å². The number of rotatable bonds is 0. The van der Waals surface area contributed by atoms with Crippen LogP contribution in [0.15, 0.2) is 18.2 Å². The second-order valence-corrected chi connectivity index (χ2v) is 4.33. The third-order valence-electron chi connectivity index (χ3n) is 2.13. The van der Waals surface area contributed by atoms with Gasteiger partial charge >= 0.3 is 0 Å². The molecular formula is C9H11ClIN. The summed E-state index contributed by atoms with van der Waals surface area (Å²) in [6, 6.07) is 6.95. The fraction of sp³-hybridized carbons (Fsp3) is 0.333. The molecule has 0 heterocycles. The summed E-state index contributed by atoms with van der Waals surface area (Å²) in [6.07, 6.45) is 2.12. The van der Waals surface area contributed by atoms with Crippen molar-refractivity contribution in [2.24, 2.45) is 5.73 Å². The van der Waals surface area contributed by atoms with Crippen LogP contribution >= 0.6 is 35.0 Å². The van der Waals surface area contributed by atoms with Crippen LogP contribution in [0.25, 0.3) is 0 Å². The normalized spacial score (nSPS) is 20.0. The highest BCUT2D eigenvalue weighted by Crippen LogP contribution is 2.22. The van der Waals surface area contributed by atoms with Gasteiger partial charge in [0.1, 0.15) is 0 Å². The summed E-state index contributed by atoms with van der Waals surface area (Å²) in [5.41, 5.74) is 8.72. The molecule has 3 heteroatoms. The van der Waals surface area contributed by atoms with Crippen LogP contribution < -0.4 is 5.73 Å². The largest absolute Gasteiger partial charge is 0.327 e. The van der Waals surface area contributed by atoms with Crippen molar-refractivity contribution in [2.75, 3.05) is 0 Å². The fourth-order valence-electron chi connectivity index (χ4n) is 1.62. The lowest BCUT2D eigenvalue weighted by Crippen LogP contribution is -2.18. The minimum absolute atomic E-state index is 0. The quantitative estimate of drug-likeness (QED) is 0.729. The summed E-state index contributed by atoms with van der Waals surface area (Å²) in [5.74, 6) is 0. The smallest absolute Gasteiger partial charge is 0.0133 e. The average molecular weight is 296 g/mol. The van der Waals surface area contributed by atoms with Gasteiger partial charge in [0.2, 0.25) is 0 Å². The highest BCUT2D eigenvalue weighted by Gasteiger charge is 2.17. The Bertz CT molecular complexity index is 288. The predicted octanol–water partition coefficient (Wildman–Crippen LogP) is 2.14. The maximum atomic E-state index is 5.83. The zero-order chi connectivity index (χ0) is 7.84. The van der Waals surface area contributed by atoms with Gasteiger partial charge in [-0.25, -0.2) is 0 Å². The second-order valence-electron chi connectivity index (χ2n) is 3.08. The van der Waals surface area contributed by atoms with E-state index in [1.807, 2.05) is 0 Å². The van der Waals surface area contributed by atoms with E-state index >= 15 is 0 Å². The van der Waals surface area contributed by atoms with Crippen molar-refractivity contribution < 1.29 is 0 Å². The highest BCUT2D eigenvalue weighted by atomic mass is 127. The molecule has 1 aliphatic carbocycles. The highest BCUT2D eigenvalue weighted by molar-refractivity contribution is 14.1. The lowest BCUT2D eigenvalue weighted by molar-refractivity contribution is 0.721. The van der Waals surface area contributed by atoms with Gasteiger partial charge in [-0.1, -0.05) is 6.07 Å². The first kappa shape index (κ1) is 10.3. The van der Waals surface area contributed by atoms with E-state index in [4.69, 9.17) is 5.73 Å². The molecule has 2 rings (SSSR count). The van der Waals surface area contributed by atoms with E-state index in [0.717, 1.165) is 12.8 Å². The van der Waals surface area contributed by atoms with E-state index in [1.165, 1.54) is 14.7 Å². The van der Waals surface area contributed by atoms with Crippen LogP contribution in [0.2, 0.25) is 0 Å². The molecule has 1 nitrogen and oxygen atoms in total. The third-order valence-corrected chi connectivity index (χ3v) is 2.80. The first-order valence-electron chi connectivity index (χ1n) is 3.78. The van der Waals surface area contributed by atoms with Crippen LogP contribution in [-0.2, 0) is 12.8 Å². The van der Waals surface area contributed by atoms with Gasteiger partial charge in [-0.15, -0.1) is 12.4 Å². The Hall–Kier alpha value is 0.200. The number of fused-ring (bicyclic) bond motifs is 1. The van der Waals surface area contributed by atoms with Crippen molar-refractivity contribution in [1.29, 1.82) is 0 Å². The number of nitrogens with two attached hydrogens (primary N) is 1. The minimum atomic E-state index is 0. The molecule has 1 atom stereocenters. The summed E-state index contributed by atoms with van der Waals surface area (Å²) >= 11 is 2.34. The Morgan fingerprint density at radius 2 is 1.92 bits per heavy atom. The Morgan fingerprint density at radius 1 is 1.25 bits per heavy atom. The zero-order valence-corrected chi connectivity index (χ0v) is 9.56. The van der Waals surface area contributed by atoms with Gasteiger partial charge in [-0.2, -0.15) is 0 Å². The van der Waals surface area contributed by atoms with Crippen molar-refractivity contribution in [3.63, 3.8) is 0 Å². The Morgan fingerprint density at radius 3 is 2.67 bits per heavy atom. The monoisotopic (exact) mass is 295 g/mol. The molecular weight excluding hydrogens is 284 g/mol. The molecule has 66 valence electrons. The van der Waals surface area contributed by atoms with Crippen molar-refractivity contribution >= 4 is 35.0 Å². The van der Waals surface area contributed by atoms with Crippen LogP contribution in [0, 0.1) is 3.57 Å². The predicted molar refractivity (Wildman–Crippen MR) is 61.8 cm³/mol. The second kappa shape index (κ2) is 3.94. The van der Waals surface area contributed by atoms with Crippen molar-refractivity contribution in [1.82, 2.24) is 0 Å². The fourth-order valence-corrected chi connectivity index (χ4v) is 2.18. The summed E-state index contributed by atoms with van der Waals surface area (Å²) in [7, 11) is 0. The maximum absolute atomic E-state index is 5.83. The molecule has 0 spiro atoms. The summed E-state index contributed by atoms with van der Waals surface area (Å²) in [4.78, 5) is 0. The van der Waals surface area contributed by atoms with E-state index in [1.54, 1.807) is 0 Å². The van der Waals surface area contributed by atoms with Crippen LogP contribution in [0.1, 0.15) is 11.1 Å². The van der Waals surface area contributed by atoms with E-state index < -0.39 is 0 Å². The Balaban J connectivity index is 0.000000720. The molecule has 1 aliphatic rings. The van der Waals surface area contributed by atoms with E-state index in [2.05, 4.69) is 40.8 Å². The number of halogens is 2. The summed E-state index contributed by atoms with van der Waals surface area (Å²) in [5, 5.41) is 0. The Kier molecular flexibility index (Phi) is 3.37. The van der Waals surface area contributed by atoms with Gasteiger partial charge in [-0.3, -0.25) is 0 Å². The van der Waals surface area contributed by atoms with Crippen molar-refractivity contribution in [2.45, 2.75) is 18.9 Å². The molecule has 0 aliphatic heterocycles. The third kappa shape index (κ3) is 1.92. The molecule has 2 N–H and O–H groups in total. The van der Waals surface area contributed by atoms with E-state index in [-0.39, 0.29) is 12.4 Å². The topological polar surface area (TPSA) is 26.0 Å². The summed E-state index contributed by atoms with van der Waals surface area (Å²) in [6.45, 7) is 0. The molecule has 12 heavy (non-hydrogen) atoms. The molecule has 0 radical (unpaired) electrons. The average Bonchev–Trinajstić information content (AvgIpc) is 2.27. The van der Waals surface area contributed by atoms with Gasteiger partial charge in [0, 0.05) is 9.61 Å². The molecule has 0 saturated carbocycles. The minimum Gasteiger partial charge on any atom is -0.327 e. The molecule has 1 unspecified atom stereocenters. The van der Waals surface area contributed by atoms with Crippen molar-refractivity contribution in [3.8, 4) is 0 Å². The number of hydrogen-bond donors (Lipinski definition) is 1. The Labute approximate surface area is 92.3 Å². The molecule has 0 fully saturated rings. The van der Waals surface area contributed by atoms with Crippen molar-refractivity contribution in [3.05, 3.63) is 32.9 Å². The molecule has 0 aromatic heterocycles. The lowest BCUT2D eigenvalue weighted by atomic mass is 10.1. The van der Waals surface area contributed by atoms with Gasteiger partial charge in [0.25, 0.3) is 0 Å². The van der Waals surface area contributed by atoms with Gasteiger partial charge in [0.05, 0.1) is 0 Å². The number of benzene rings is 1. The first-order valence-corrected chi connectivity index (χ1v) is 4.86. The molecule has 0 amide bonds. The summed E-state index contributed by atoms with van der Waals surface area (Å²) < 4.78 is 1.32. The van der Waals surface area contributed by atoms with Crippen LogP contribution in [-0.4, -0.2) is 6.04 Å². The molecule has 0 bridgehead atoms. The maximum Gasteiger partial charge on any atom is 0.0133 e. The standard InChI is InChI=1S/C9H10IN.ClH/c10-8-2-1-6-4-9(11)5-7(6)3-8;/h1-3,9H,4-5,11H2;1H. The molecule has 0 saturated heterocycles. The van der Waals surface area contributed by atoms with Gasteiger partial charge in [0.15, 0.2) is 0 Å². The van der Waals surface area contributed by atoms with Gasteiger partial charge < -0.3 is 5.73 Å². The molecule has 1 aromatic carbocycles. The lowest BCUT2D eigenvalue weighted by Gasteiger charge is -1.96. The SMILES string of the molecule is Cl.NC1Cc2ccc(I)cc2C1. The molecule has 1 aromatic rings. The van der Waals surface area contributed by atoms with E-state index in [9.17, 15) is 0 Å². The van der Waals surface area contributed by atoms with Crippen LogP contribution in [0.5, 0.6) is 0 Å². The first-order chi connectivity index (χ1) is 5.25. The number of hydrogen-bond acceptors (Lipinski definition) is 1.